The molecule has 0 saturated heterocycles. The zero-order valence-electron chi connectivity index (χ0n) is 15.2. The molecule has 0 unspecified atom stereocenters. The fourth-order valence-corrected chi connectivity index (χ4v) is 2.78. The van der Waals surface area contributed by atoms with Crippen molar-refractivity contribution in [1.82, 2.24) is 10.2 Å². The molecule has 0 bridgehead atoms. The maximum Gasteiger partial charge on any atom is 0.317 e. The molecule has 1 N–H and O–H groups in total. The van der Waals surface area contributed by atoms with E-state index in [2.05, 4.69) is 5.32 Å². The third-order valence-electron chi connectivity index (χ3n) is 4.44. The number of hydrogen-bond acceptors (Lipinski definition) is 2. The van der Waals surface area contributed by atoms with E-state index in [-0.39, 0.29) is 23.7 Å². The molecule has 6 heteroatoms. The van der Waals surface area contributed by atoms with E-state index in [0.717, 1.165) is 31.2 Å². The number of unbranched alkanes of at least 4 members (excludes halogenated alkanes) is 1. The molecular weight excluding hydrogens is 350 g/mol. The number of carbonyl (C=O) groups is 1. The minimum absolute atomic E-state index is 0.0822. The van der Waals surface area contributed by atoms with Gasteiger partial charge in [-0.25, -0.2) is 13.6 Å². The van der Waals surface area contributed by atoms with E-state index in [1.807, 2.05) is 4.90 Å². The first-order valence-corrected chi connectivity index (χ1v) is 9.29. The Morgan fingerprint density at radius 1 is 1.00 bits per heavy atom. The molecule has 2 amide bonds. The molecule has 1 aliphatic rings. The van der Waals surface area contributed by atoms with Crippen LogP contribution < -0.4 is 10.1 Å². The highest BCUT2D eigenvalue weighted by Gasteiger charge is 2.32. The van der Waals surface area contributed by atoms with Gasteiger partial charge in [-0.15, -0.1) is 0 Å². The summed E-state index contributed by atoms with van der Waals surface area (Å²) in [5.41, 5.74) is 0.922. The minimum Gasteiger partial charge on any atom is -0.494 e. The Labute approximate surface area is 158 Å². The average molecular weight is 374 g/mol. The molecular formula is C21H24F2N2O2. The summed E-state index contributed by atoms with van der Waals surface area (Å²) >= 11 is 0. The van der Waals surface area contributed by atoms with Gasteiger partial charge in [-0.2, -0.15) is 0 Å². The highest BCUT2D eigenvalue weighted by Crippen LogP contribution is 2.28. The summed E-state index contributed by atoms with van der Waals surface area (Å²) in [4.78, 5) is 14.3. The zero-order chi connectivity index (χ0) is 19.1. The Hall–Kier alpha value is -2.63. The lowest BCUT2D eigenvalue weighted by atomic mass is 10.2. The molecule has 3 rings (SSSR count). The van der Waals surface area contributed by atoms with Gasteiger partial charge in [0.25, 0.3) is 0 Å². The highest BCUT2D eigenvalue weighted by atomic mass is 19.1. The summed E-state index contributed by atoms with van der Waals surface area (Å²) in [6.07, 6.45) is 3.61. The molecule has 144 valence electrons. The molecule has 1 saturated carbocycles. The molecule has 0 atom stereocenters. The highest BCUT2D eigenvalue weighted by molar-refractivity contribution is 5.74. The number of urea groups is 1. The Kier molecular flexibility index (Phi) is 6.63. The first kappa shape index (κ1) is 19.1. The van der Waals surface area contributed by atoms with Crippen LogP contribution in [-0.2, 0) is 6.54 Å². The minimum atomic E-state index is -0.286. The fraction of sp³-hybridized carbons (Fsp3) is 0.381. The van der Waals surface area contributed by atoms with Crippen molar-refractivity contribution >= 4 is 6.03 Å². The van der Waals surface area contributed by atoms with Gasteiger partial charge in [0.05, 0.1) is 6.61 Å². The molecule has 2 aromatic rings. The molecule has 1 fully saturated rings. The van der Waals surface area contributed by atoms with Crippen LogP contribution in [0.4, 0.5) is 13.6 Å². The summed E-state index contributed by atoms with van der Waals surface area (Å²) in [7, 11) is 0. The van der Waals surface area contributed by atoms with Gasteiger partial charge < -0.3 is 15.0 Å². The van der Waals surface area contributed by atoms with Crippen molar-refractivity contribution in [2.24, 2.45) is 0 Å². The number of nitrogens with zero attached hydrogens (tertiary/aromatic N) is 1. The van der Waals surface area contributed by atoms with Crippen LogP contribution in [0.2, 0.25) is 0 Å². The predicted octanol–water partition coefficient (Wildman–Crippen LogP) is 4.50. The standard InChI is InChI=1S/C21H24F2N2O2/c22-17-5-3-16(4-6-17)15-25(19-9-10-19)21(26)24-13-1-2-14-27-20-11-7-18(23)8-12-20/h3-8,11-12,19H,1-2,9-10,13-15H2,(H,24,26). The monoisotopic (exact) mass is 374 g/mol. The summed E-state index contributed by atoms with van der Waals surface area (Å²) in [6.45, 7) is 1.58. The third-order valence-corrected chi connectivity index (χ3v) is 4.44. The van der Waals surface area contributed by atoms with Gasteiger partial charge in [-0.3, -0.25) is 0 Å². The topological polar surface area (TPSA) is 41.6 Å². The lowest BCUT2D eigenvalue weighted by Crippen LogP contribution is -2.41. The fourth-order valence-electron chi connectivity index (χ4n) is 2.78. The predicted molar refractivity (Wildman–Crippen MR) is 99.5 cm³/mol. The zero-order valence-corrected chi connectivity index (χ0v) is 15.2. The first-order valence-electron chi connectivity index (χ1n) is 9.29. The van der Waals surface area contributed by atoms with Crippen molar-refractivity contribution in [3.05, 3.63) is 65.7 Å². The van der Waals surface area contributed by atoms with Crippen molar-refractivity contribution in [1.29, 1.82) is 0 Å². The second kappa shape index (κ2) is 9.35. The van der Waals surface area contributed by atoms with E-state index in [9.17, 15) is 13.6 Å². The molecule has 2 aromatic carbocycles. The molecule has 27 heavy (non-hydrogen) atoms. The second-order valence-electron chi connectivity index (χ2n) is 6.73. The Bertz CT molecular complexity index is 731. The second-order valence-corrected chi connectivity index (χ2v) is 6.73. The number of hydrogen-bond donors (Lipinski definition) is 1. The van der Waals surface area contributed by atoms with Gasteiger partial charge >= 0.3 is 6.03 Å². The van der Waals surface area contributed by atoms with E-state index < -0.39 is 0 Å². The quantitative estimate of drug-likeness (QED) is 0.657. The van der Waals surface area contributed by atoms with E-state index in [1.165, 1.54) is 24.3 Å². The van der Waals surface area contributed by atoms with Crippen LogP contribution in [0.3, 0.4) is 0 Å². The van der Waals surface area contributed by atoms with Crippen LogP contribution in [0.5, 0.6) is 5.75 Å². The van der Waals surface area contributed by atoms with Crippen molar-refractivity contribution < 1.29 is 18.3 Å². The molecule has 4 nitrogen and oxygen atoms in total. The van der Waals surface area contributed by atoms with E-state index in [0.29, 0.717) is 25.4 Å². The smallest absolute Gasteiger partial charge is 0.317 e. The van der Waals surface area contributed by atoms with Crippen molar-refractivity contribution in [3.8, 4) is 5.75 Å². The molecule has 0 aliphatic heterocycles. The largest absolute Gasteiger partial charge is 0.494 e. The van der Waals surface area contributed by atoms with Gasteiger partial charge in [0.2, 0.25) is 0 Å². The molecule has 0 radical (unpaired) electrons. The Morgan fingerprint density at radius 2 is 1.63 bits per heavy atom. The van der Waals surface area contributed by atoms with Gasteiger partial charge in [0, 0.05) is 19.1 Å². The van der Waals surface area contributed by atoms with Gasteiger partial charge in [0.15, 0.2) is 0 Å². The summed E-state index contributed by atoms with van der Waals surface area (Å²) in [5, 5.41) is 2.95. The number of halogens is 2. The van der Waals surface area contributed by atoms with E-state index in [4.69, 9.17) is 4.74 Å². The van der Waals surface area contributed by atoms with Crippen LogP contribution in [-0.4, -0.2) is 30.1 Å². The number of ether oxygens (including phenoxy) is 1. The normalized spacial score (nSPS) is 13.3. The van der Waals surface area contributed by atoms with Gasteiger partial charge in [-0.1, -0.05) is 12.1 Å². The van der Waals surface area contributed by atoms with Crippen LogP contribution in [0.15, 0.2) is 48.5 Å². The van der Waals surface area contributed by atoms with Gasteiger partial charge in [0.1, 0.15) is 17.4 Å². The number of nitrogens with one attached hydrogen (secondary N) is 1. The molecule has 1 aliphatic carbocycles. The average Bonchev–Trinajstić information content (AvgIpc) is 3.50. The Balaban J connectivity index is 1.35. The molecule has 0 heterocycles. The van der Waals surface area contributed by atoms with E-state index in [1.54, 1.807) is 24.3 Å². The first-order chi connectivity index (χ1) is 13.1. The van der Waals surface area contributed by atoms with Crippen LogP contribution in [0.1, 0.15) is 31.2 Å². The number of amides is 2. The number of rotatable bonds is 9. The maximum absolute atomic E-state index is 13.0. The van der Waals surface area contributed by atoms with Crippen LogP contribution >= 0.6 is 0 Å². The van der Waals surface area contributed by atoms with Crippen molar-refractivity contribution in [2.75, 3.05) is 13.2 Å². The molecule has 0 aromatic heterocycles. The maximum atomic E-state index is 13.0. The SMILES string of the molecule is O=C(NCCCCOc1ccc(F)cc1)N(Cc1ccc(F)cc1)C1CC1. The van der Waals surface area contributed by atoms with E-state index >= 15 is 0 Å². The van der Waals surface area contributed by atoms with Crippen LogP contribution in [0.25, 0.3) is 0 Å². The lowest BCUT2D eigenvalue weighted by molar-refractivity contribution is 0.191. The summed E-state index contributed by atoms with van der Waals surface area (Å²) < 4.78 is 31.4. The molecule has 0 spiro atoms. The third kappa shape index (κ3) is 6.24. The Morgan fingerprint density at radius 3 is 2.26 bits per heavy atom. The van der Waals surface area contributed by atoms with Crippen molar-refractivity contribution in [3.63, 3.8) is 0 Å². The van der Waals surface area contributed by atoms with Crippen molar-refractivity contribution in [2.45, 2.75) is 38.3 Å². The van der Waals surface area contributed by atoms with Gasteiger partial charge in [-0.05, 0) is 67.6 Å². The number of carbonyl (C=O) groups excluding carboxylic acids is 1. The summed E-state index contributed by atoms with van der Waals surface area (Å²) in [5.74, 6) is 0.0783. The summed E-state index contributed by atoms with van der Waals surface area (Å²) in [6, 6.07) is 12.4. The lowest BCUT2D eigenvalue weighted by Gasteiger charge is -2.23. The van der Waals surface area contributed by atoms with Crippen LogP contribution in [0, 0.1) is 11.6 Å². The number of benzene rings is 2.